The summed E-state index contributed by atoms with van der Waals surface area (Å²) in [5.41, 5.74) is 1.25. The number of benzene rings is 1. The fourth-order valence-corrected chi connectivity index (χ4v) is 4.05. The third kappa shape index (κ3) is 4.05. The van der Waals surface area contributed by atoms with E-state index in [2.05, 4.69) is 24.4 Å². The van der Waals surface area contributed by atoms with Gasteiger partial charge in [-0.15, -0.1) is 0 Å². The quantitative estimate of drug-likeness (QED) is 0.923. The Labute approximate surface area is 116 Å². The molecular formula is C15H23NO2S. The molecule has 0 aliphatic heterocycles. The van der Waals surface area contributed by atoms with Crippen LogP contribution in [0, 0.1) is 0 Å². The second-order valence-electron chi connectivity index (χ2n) is 5.61. The molecule has 2 rings (SSSR count). The van der Waals surface area contributed by atoms with Gasteiger partial charge in [0.15, 0.2) is 0 Å². The minimum absolute atomic E-state index is 0.165. The average molecular weight is 281 g/mol. The van der Waals surface area contributed by atoms with Crippen molar-refractivity contribution in [2.45, 2.75) is 49.9 Å². The van der Waals surface area contributed by atoms with Crippen LogP contribution in [0.1, 0.15) is 44.2 Å². The topological polar surface area (TPSA) is 46.2 Å². The van der Waals surface area contributed by atoms with Crippen molar-refractivity contribution in [1.82, 2.24) is 5.32 Å². The Kier molecular flexibility index (Phi) is 4.63. The van der Waals surface area contributed by atoms with Crippen molar-refractivity contribution in [2.24, 2.45) is 0 Å². The number of hydrogen-bond donors (Lipinski definition) is 1. The molecule has 1 fully saturated rings. The monoisotopic (exact) mass is 281 g/mol. The van der Waals surface area contributed by atoms with Crippen LogP contribution in [0.25, 0.3) is 0 Å². The highest BCUT2D eigenvalue weighted by atomic mass is 32.2. The van der Waals surface area contributed by atoms with Crippen LogP contribution < -0.4 is 5.32 Å². The van der Waals surface area contributed by atoms with Gasteiger partial charge in [0.05, 0.1) is 5.25 Å². The fourth-order valence-electron chi connectivity index (χ4n) is 2.88. The Morgan fingerprint density at radius 3 is 2.53 bits per heavy atom. The number of rotatable bonds is 4. The van der Waals surface area contributed by atoms with Crippen LogP contribution >= 0.6 is 0 Å². The van der Waals surface area contributed by atoms with Gasteiger partial charge in [0, 0.05) is 18.3 Å². The Morgan fingerprint density at radius 2 is 1.89 bits per heavy atom. The van der Waals surface area contributed by atoms with E-state index in [0.29, 0.717) is 6.04 Å². The predicted molar refractivity (Wildman–Crippen MR) is 78.9 cm³/mol. The first-order valence-electron chi connectivity index (χ1n) is 6.96. The maximum Gasteiger partial charge on any atom is 0.150 e. The van der Waals surface area contributed by atoms with E-state index in [1.54, 1.807) is 0 Å². The molecule has 0 aromatic heterocycles. The number of hydrogen-bond acceptors (Lipinski definition) is 3. The van der Waals surface area contributed by atoms with Crippen LogP contribution in [0.2, 0.25) is 0 Å². The Morgan fingerprint density at radius 1 is 1.21 bits per heavy atom. The molecular weight excluding hydrogens is 258 g/mol. The molecule has 106 valence electrons. The summed E-state index contributed by atoms with van der Waals surface area (Å²) >= 11 is 0. The van der Waals surface area contributed by atoms with E-state index in [1.807, 2.05) is 18.2 Å². The molecule has 1 saturated carbocycles. The van der Waals surface area contributed by atoms with Crippen LogP contribution in [0.4, 0.5) is 0 Å². The van der Waals surface area contributed by atoms with Crippen LogP contribution in [-0.2, 0) is 9.84 Å². The highest BCUT2D eigenvalue weighted by Gasteiger charge is 2.29. The van der Waals surface area contributed by atoms with Crippen LogP contribution in [0.3, 0.4) is 0 Å². The van der Waals surface area contributed by atoms with E-state index >= 15 is 0 Å². The summed E-state index contributed by atoms with van der Waals surface area (Å²) in [5.74, 6) is 0. The first-order chi connectivity index (χ1) is 8.97. The zero-order valence-electron chi connectivity index (χ0n) is 11.7. The second-order valence-corrected chi connectivity index (χ2v) is 7.94. The third-order valence-corrected chi connectivity index (χ3v) is 5.66. The molecule has 1 N–H and O–H groups in total. The standard InChI is InChI=1S/C15H23NO2S/c1-12(13-7-4-3-5-8-13)16-14-9-6-10-15(11-14)19(2,17)18/h3-5,7-8,12,14-16H,6,9-11H2,1-2H3/t12-,14?,15?/m1/s1. The summed E-state index contributed by atoms with van der Waals surface area (Å²) in [6.07, 6.45) is 4.99. The van der Waals surface area contributed by atoms with Gasteiger partial charge in [-0.25, -0.2) is 8.42 Å². The maximum absolute atomic E-state index is 11.7. The lowest BCUT2D eigenvalue weighted by Gasteiger charge is -2.31. The molecule has 0 spiro atoms. The third-order valence-electron chi connectivity index (χ3n) is 4.02. The van der Waals surface area contributed by atoms with Crippen molar-refractivity contribution in [3.63, 3.8) is 0 Å². The predicted octanol–water partition coefficient (Wildman–Crippen LogP) is 2.69. The molecule has 1 aliphatic carbocycles. The summed E-state index contributed by atoms with van der Waals surface area (Å²) in [6.45, 7) is 2.14. The molecule has 0 bridgehead atoms. The van der Waals surface area contributed by atoms with Gasteiger partial charge in [-0.05, 0) is 31.7 Å². The zero-order chi connectivity index (χ0) is 13.9. The van der Waals surface area contributed by atoms with Crippen molar-refractivity contribution in [1.29, 1.82) is 0 Å². The van der Waals surface area contributed by atoms with Gasteiger partial charge in [-0.1, -0.05) is 36.8 Å². The highest BCUT2D eigenvalue weighted by molar-refractivity contribution is 7.91. The summed E-state index contributed by atoms with van der Waals surface area (Å²) < 4.78 is 23.3. The minimum atomic E-state index is -2.90. The first kappa shape index (κ1) is 14.5. The van der Waals surface area contributed by atoms with E-state index in [4.69, 9.17) is 0 Å². The summed E-state index contributed by atoms with van der Waals surface area (Å²) in [4.78, 5) is 0. The smallest absolute Gasteiger partial charge is 0.150 e. The maximum atomic E-state index is 11.7. The molecule has 1 aliphatic rings. The van der Waals surface area contributed by atoms with E-state index < -0.39 is 9.84 Å². The number of sulfone groups is 1. The Bertz CT molecular complexity index is 498. The molecule has 4 heteroatoms. The molecule has 3 atom stereocenters. The van der Waals surface area contributed by atoms with Crippen LogP contribution in [0.15, 0.2) is 30.3 Å². The van der Waals surface area contributed by atoms with Crippen molar-refractivity contribution in [3.8, 4) is 0 Å². The van der Waals surface area contributed by atoms with Crippen molar-refractivity contribution in [2.75, 3.05) is 6.26 Å². The van der Waals surface area contributed by atoms with Gasteiger partial charge >= 0.3 is 0 Å². The molecule has 2 unspecified atom stereocenters. The van der Waals surface area contributed by atoms with Gasteiger partial charge in [-0.3, -0.25) is 0 Å². The SMILES string of the molecule is C[C@@H](NC1CCCC(S(C)(=O)=O)C1)c1ccccc1. The lowest BCUT2D eigenvalue weighted by molar-refractivity contribution is 0.346. The molecule has 0 saturated heterocycles. The van der Waals surface area contributed by atoms with Gasteiger partial charge in [0.25, 0.3) is 0 Å². The summed E-state index contributed by atoms with van der Waals surface area (Å²) in [6, 6.07) is 10.9. The van der Waals surface area contributed by atoms with Gasteiger partial charge < -0.3 is 5.32 Å². The van der Waals surface area contributed by atoms with E-state index in [1.165, 1.54) is 11.8 Å². The molecule has 3 nitrogen and oxygen atoms in total. The van der Waals surface area contributed by atoms with E-state index in [0.717, 1.165) is 25.7 Å². The van der Waals surface area contributed by atoms with Crippen LogP contribution in [-0.4, -0.2) is 26.0 Å². The Hall–Kier alpha value is -0.870. The molecule has 1 aromatic carbocycles. The van der Waals surface area contributed by atoms with Gasteiger partial charge in [0.1, 0.15) is 9.84 Å². The fraction of sp³-hybridized carbons (Fsp3) is 0.600. The zero-order valence-corrected chi connectivity index (χ0v) is 12.5. The van der Waals surface area contributed by atoms with Crippen molar-refractivity contribution < 1.29 is 8.42 Å². The highest BCUT2D eigenvalue weighted by Crippen LogP contribution is 2.25. The van der Waals surface area contributed by atoms with Gasteiger partial charge in [0.2, 0.25) is 0 Å². The van der Waals surface area contributed by atoms with Crippen molar-refractivity contribution in [3.05, 3.63) is 35.9 Å². The number of nitrogens with one attached hydrogen (secondary N) is 1. The summed E-state index contributed by atoms with van der Waals surface area (Å²) in [5, 5.41) is 3.41. The Balaban J connectivity index is 1.96. The molecule has 0 radical (unpaired) electrons. The molecule has 19 heavy (non-hydrogen) atoms. The van der Waals surface area contributed by atoms with E-state index in [-0.39, 0.29) is 11.3 Å². The first-order valence-corrected chi connectivity index (χ1v) is 8.92. The average Bonchev–Trinajstić information content (AvgIpc) is 2.39. The largest absolute Gasteiger partial charge is 0.307 e. The molecule has 0 heterocycles. The minimum Gasteiger partial charge on any atom is -0.307 e. The molecule has 0 amide bonds. The normalized spacial score (nSPS) is 26.0. The van der Waals surface area contributed by atoms with Crippen molar-refractivity contribution >= 4 is 9.84 Å². The lowest BCUT2D eigenvalue weighted by atomic mass is 9.93. The second kappa shape index (κ2) is 6.06. The van der Waals surface area contributed by atoms with Crippen LogP contribution in [0.5, 0.6) is 0 Å². The molecule has 1 aromatic rings. The van der Waals surface area contributed by atoms with Gasteiger partial charge in [-0.2, -0.15) is 0 Å². The summed E-state index contributed by atoms with van der Waals surface area (Å²) in [7, 11) is -2.90. The van der Waals surface area contributed by atoms with E-state index in [9.17, 15) is 8.42 Å². The lowest BCUT2D eigenvalue weighted by Crippen LogP contribution is -2.39.